The Bertz CT molecular complexity index is 536. The summed E-state index contributed by atoms with van der Waals surface area (Å²) in [7, 11) is 0. The van der Waals surface area contributed by atoms with Crippen molar-refractivity contribution in [3.8, 4) is 0 Å². The smallest absolute Gasteiger partial charge is 0.223 e. The van der Waals surface area contributed by atoms with Crippen molar-refractivity contribution in [3.05, 3.63) is 35.4 Å². The number of nitrogens with zero attached hydrogens (tertiary/aromatic N) is 1. The molecule has 1 aliphatic rings. The molecule has 2 rings (SSSR count). The molecule has 0 aromatic heterocycles. The average Bonchev–Trinajstić information content (AvgIpc) is 2.56. The first-order valence-corrected chi connectivity index (χ1v) is 8.65. The van der Waals surface area contributed by atoms with Crippen LogP contribution in [0.4, 0.5) is 0 Å². The van der Waals surface area contributed by atoms with E-state index in [2.05, 4.69) is 18.3 Å². The lowest BCUT2D eigenvalue weighted by molar-refractivity contribution is -0.130. The molecule has 4 nitrogen and oxygen atoms in total. The van der Waals surface area contributed by atoms with Gasteiger partial charge in [-0.25, -0.2) is 0 Å². The van der Waals surface area contributed by atoms with E-state index >= 15 is 0 Å². The largest absolute Gasteiger partial charge is 0.354 e. The zero-order chi connectivity index (χ0) is 16.7. The minimum atomic E-state index is 0.0418. The van der Waals surface area contributed by atoms with E-state index in [9.17, 15) is 9.59 Å². The maximum absolute atomic E-state index is 12.1. The lowest BCUT2D eigenvalue weighted by Crippen LogP contribution is -2.39. The van der Waals surface area contributed by atoms with Crippen LogP contribution in [0.15, 0.2) is 24.3 Å². The maximum Gasteiger partial charge on any atom is 0.223 e. The molecule has 4 heteroatoms. The van der Waals surface area contributed by atoms with Gasteiger partial charge in [0, 0.05) is 32.5 Å². The Hall–Kier alpha value is -1.84. The number of amides is 2. The highest BCUT2D eigenvalue weighted by Crippen LogP contribution is 2.23. The van der Waals surface area contributed by atoms with Crippen molar-refractivity contribution in [1.82, 2.24) is 10.2 Å². The van der Waals surface area contributed by atoms with E-state index in [1.807, 2.05) is 18.2 Å². The van der Waals surface area contributed by atoms with Crippen molar-refractivity contribution >= 4 is 11.8 Å². The third kappa shape index (κ3) is 5.38. The second-order valence-corrected chi connectivity index (χ2v) is 6.49. The summed E-state index contributed by atoms with van der Waals surface area (Å²) in [5.74, 6) is 0.371. The van der Waals surface area contributed by atoms with Gasteiger partial charge >= 0.3 is 0 Å². The second-order valence-electron chi connectivity index (χ2n) is 6.49. The van der Waals surface area contributed by atoms with Gasteiger partial charge in [-0.05, 0) is 30.9 Å². The second kappa shape index (κ2) is 8.70. The fourth-order valence-corrected chi connectivity index (χ4v) is 3.16. The first kappa shape index (κ1) is 17.5. The minimum absolute atomic E-state index is 0.0418. The molecular formula is C19H28N2O2. The van der Waals surface area contributed by atoms with Crippen LogP contribution in [0, 0.1) is 12.8 Å². The number of carbonyl (C=O) groups is 2. The van der Waals surface area contributed by atoms with Crippen molar-refractivity contribution in [2.24, 2.45) is 5.92 Å². The minimum Gasteiger partial charge on any atom is -0.354 e. The molecule has 1 aromatic carbocycles. The predicted molar refractivity (Wildman–Crippen MR) is 91.9 cm³/mol. The SMILES string of the molecule is CC(=O)N(CCNC(=O)C1CCCCC1)Cc1ccccc1C. The molecule has 0 unspecified atom stereocenters. The first-order valence-electron chi connectivity index (χ1n) is 8.65. The highest BCUT2D eigenvalue weighted by Gasteiger charge is 2.20. The van der Waals surface area contributed by atoms with Crippen molar-refractivity contribution < 1.29 is 9.59 Å². The maximum atomic E-state index is 12.1. The molecule has 1 fully saturated rings. The van der Waals surface area contributed by atoms with Crippen LogP contribution in [0.5, 0.6) is 0 Å². The van der Waals surface area contributed by atoms with Crippen LogP contribution in [0.1, 0.15) is 50.2 Å². The summed E-state index contributed by atoms with van der Waals surface area (Å²) in [4.78, 5) is 25.8. The van der Waals surface area contributed by atoms with Gasteiger partial charge in [0.2, 0.25) is 11.8 Å². The number of nitrogens with one attached hydrogen (secondary N) is 1. The number of aryl methyl sites for hydroxylation is 1. The average molecular weight is 316 g/mol. The number of rotatable bonds is 6. The molecule has 1 aromatic rings. The van der Waals surface area contributed by atoms with Crippen LogP contribution in [0.25, 0.3) is 0 Å². The van der Waals surface area contributed by atoms with E-state index < -0.39 is 0 Å². The van der Waals surface area contributed by atoms with E-state index in [1.165, 1.54) is 12.0 Å². The van der Waals surface area contributed by atoms with E-state index in [0.717, 1.165) is 31.2 Å². The molecule has 0 heterocycles. The van der Waals surface area contributed by atoms with E-state index in [1.54, 1.807) is 11.8 Å². The Labute approximate surface area is 139 Å². The molecule has 126 valence electrons. The molecule has 1 N–H and O–H groups in total. The normalized spacial score (nSPS) is 15.2. The molecule has 0 bridgehead atoms. The van der Waals surface area contributed by atoms with Crippen LogP contribution in [-0.2, 0) is 16.1 Å². The number of carbonyl (C=O) groups excluding carboxylic acids is 2. The molecule has 1 aliphatic carbocycles. The van der Waals surface area contributed by atoms with Crippen molar-refractivity contribution in [1.29, 1.82) is 0 Å². The van der Waals surface area contributed by atoms with Gasteiger partial charge in [-0.1, -0.05) is 43.5 Å². The summed E-state index contributed by atoms with van der Waals surface area (Å²) in [5, 5.41) is 3.01. The van der Waals surface area contributed by atoms with Gasteiger partial charge in [0.1, 0.15) is 0 Å². The van der Waals surface area contributed by atoms with Crippen molar-refractivity contribution in [3.63, 3.8) is 0 Å². The molecular weight excluding hydrogens is 288 g/mol. The van der Waals surface area contributed by atoms with E-state index in [0.29, 0.717) is 19.6 Å². The van der Waals surface area contributed by atoms with Gasteiger partial charge in [0.15, 0.2) is 0 Å². The van der Waals surface area contributed by atoms with Gasteiger partial charge < -0.3 is 10.2 Å². The summed E-state index contributed by atoms with van der Waals surface area (Å²) in [6.07, 6.45) is 5.57. The summed E-state index contributed by atoms with van der Waals surface area (Å²) in [5.41, 5.74) is 2.34. The van der Waals surface area contributed by atoms with Crippen LogP contribution < -0.4 is 5.32 Å². The molecule has 0 spiro atoms. The Balaban J connectivity index is 1.82. The first-order chi connectivity index (χ1) is 11.1. The predicted octanol–water partition coefficient (Wildman–Crippen LogP) is 3.04. The van der Waals surface area contributed by atoms with E-state index in [4.69, 9.17) is 0 Å². The summed E-state index contributed by atoms with van der Waals surface area (Å²) >= 11 is 0. The molecule has 2 amide bonds. The molecule has 0 radical (unpaired) electrons. The monoisotopic (exact) mass is 316 g/mol. The Morgan fingerprint density at radius 3 is 2.52 bits per heavy atom. The molecule has 0 atom stereocenters. The summed E-state index contributed by atoms with van der Waals surface area (Å²) in [6, 6.07) is 8.09. The van der Waals surface area contributed by atoms with E-state index in [-0.39, 0.29) is 17.7 Å². The number of hydrogen-bond acceptors (Lipinski definition) is 2. The molecule has 23 heavy (non-hydrogen) atoms. The van der Waals surface area contributed by atoms with Gasteiger partial charge in [0.25, 0.3) is 0 Å². The van der Waals surface area contributed by atoms with Crippen molar-refractivity contribution in [2.75, 3.05) is 13.1 Å². The molecule has 0 saturated heterocycles. The van der Waals surface area contributed by atoms with Crippen LogP contribution in [-0.4, -0.2) is 29.8 Å². The molecule has 0 aliphatic heterocycles. The Morgan fingerprint density at radius 1 is 1.17 bits per heavy atom. The van der Waals surface area contributed by atoms with Gasteiger partial charge in [-0.3, -0.25) is 9.59 Å². The number of benzene rings is 1. The highest BCUT2D eigenvalue weighted by atomic mass is 16.2. The standard InChI is InChI=1S/C19H28N2O2/c1-15-8-6-7-11-18(15)14-21(16(2)22)13-12-20-19(23)17-9-4-3-5-10-17/h6-8,11,17H,3-5,9-10,12-14H2,1-2H3,(H,20,23). The Morgan fingerprint density at radius 2 is 1.87 bits per heavy atom. The zero-order valence-electron chi connectivity index (χ0n) is 14.3. The molecule has 1 saturated carbocycles. The fourth-order valence-electron chi connectivity index (χ4n) is 3.16. The summed E-state index contributed by atoms with van der Waals surface area (Å²) in [6.45, 7) is 5.32. The van der Waals surface area contributed by atoms with Gasteiger partial charge in [0.05, 0.1) is 0 Å². The van der Waals surface area contributed by atoms with Gasteiger partial charge in [-0.15, -0.1) is 0 Å². The lowest BCUT2D eigenvalue weighted by atomic mass is 9.89. The fraction of sp³-hybridized carbons (Fsp3) is 0.579. The summed E-state index contributed by atoms with van der Waals surface area (Å²) < 4.78 is 0. The quantitative estimate of drug-likeness (QED) is 0.877. The number of hydrogen-bond donors (Lipinski definition) is 1. The third-order valence-corrected chi connectivity index (χ3v) is 4.72. The Kier molecular flexibility index (Phi) is 6.63. The van der Waals surface area contributed by atoms with Crippen LogP contribution in [0.2, 0.25) is 0 Å². The van der Waals surface area contributed by atoms with Gasteiger partial charge in [-0.2, -0.15) is 0 Å². The highest BCUT2D eigenvalue weighted by molar-refractivity contribution is 5.78. The zero-order valence-corrected chi connectivity index (χ0v) is 14.3. The van der Waals surface area contributed by atoms with Crippen LogP contribution in [0.3, 0.4) is 0 Å². The van der Waals surface area contributed by atoms with Crippen LogP contribution >= 0.6 is 0 Å². The lowest BCUT2D eigenvalue weighted by Gasteiger charge is -2.24. The van der Waals surface area contributed by atoms with Crippen molar-refractivity contribution in [2.45, 2.75) is 52.5 Å². The third-order valence-electron chi connectivity index (χ3n) is 4.72. The topological polar surface area (TPSA) is 49.4 Å².